The van der Waals surface area contributed by atoms with Crippen molar-refractivity contribution in [2.24, 2.45) is 11.7 Å². The van der Waals surface area contributed by atoms with Crippen molar-refractivity contribution in [1.29, 1.82) is 0 Å². The lowest BCUT2D eigenvalue weighted by molar-refractivity contribution is -0.137. The first-order valence-electron chi connectivity index (χ1n) is 7.78. The molecule has 0 radical (unpaired) electrons. The molecule has 3 N–H and O–H groups in total. The van der Waals surface area contributed by atoms with Crippen LogP contribution in [0.5, 0.6) is 0 Å². The van der Waals surface area contributed by atoms with E-state index in [1.165, 1.54) is 4.90 Å². The van der Waals surface area contributed by atoms with Crippen LogP contribution in [0.15, 0.2) is 29.2 Å². The van der Waals surface area contributed by atoms with Crippen LogP contribution in [0.4, 0.5) is 13.2 Å². The molecule has 0 atom stereocenters. The van der Waals surface area contributed by atoms with E-state index in [0.717, 1.165) is 31.0 Å². The third-order valence-electron chi connectivity index (χ3n) is 4.19. The van der Waals surface area contributed by atoms with Gasteiger partial charge in [0.15, 0.2) is 0 Å². The van der Waals surface area contributed by atoms with Gasteiger partial charge < -0.3 is 10.6 Å². The molecule has 2 rings (SSSR count). The number of nitrogens with zero attached hydrogens (tertiary/aromatic N) is 1. The van der Waals surface area contributed by atoms with E-state index in [9.17, 15) is 26.4 Å². The number of benzene rings is 1. The van der Waals surface area contributed by atoms with Crippen molar-refractivity contribution in [3.8, 4) is 0 Å². The maximum absolute atomic E-state index is 12.7. The zero-order valence-corrected chi connectivity index (χ0v) is 14.2. The van der Waals surface area contributed by atoms with Gasteiger partial charge in [-0.15, -0.1) is 0 Å². The number of amides is 1. The van der Waals surface area contributed by atoms with Crippen molar-refractivity contribution in [3.63, 3.8) is 0 Å². The first kappa shape index (κ1) is 19.7. The normalized spacial score (nSPS) is 16.9. The van der Waals surface area contributed by atoms with E-state index in [1.807, 2.05) is 0 Å². The Balaban J connectivity index is 1.99. The van der Waals surface area contributed by atoms with Crippen molar-refractivity contribution < 1.29 is 26.4 Å². The van der Waals surface area contributed by atoms with Crippen LogP contribution in [0.1, 0.15) is 18.4 Å². The highest BCUT2D eigenvalue weighted by atomic mass is 32.2. The third-order valence-corrected chi connectivity index (χ3v) is 5.58. The van der Waals surface area contributed by atoms with E-state index in [4.69, 9.17) is 5.73 Å². The van der Waals surface area contributed by atoms with E-state index < -0.39 is 39.1 Å². The third kappa shape index (κ3) is 5.16. The molecule has 1 fully saturated rings. The van der Waals surface area contributed by atoms with Crippen LogP contribution in [0.2, 0.25) is 0 Å². The maximum Gasteiger partial charge on any atom is 0.416 e. The van der Waals surface area contributed by atoms with Crippen LogP contribution in [0, 0.1) is 5.92 Å². The van der Waals surface area contributed by atoms with Gasteiger partial charge >= 0.3 is 6.18 Å². The van der Waals surface area contributed by atoms with Crippen LogP contribution in [-0.2, 0) is 21.0 Å². The molecule has 6 nitrogen and oxygen atoms in total. The minimum absolute atomic E-state index is 0.353. The van der Waals surface area contributed by atoms with E-state index >= 15 is 0 Å². The van der Waals surface area contributed by atoms with Gasteiger partial charge in [-0.2, -0.15) is 13.2 Å². The standard InChI is InChI=1S/C15H20F3N3O3S/c16-15(17,18)12-2-1-3-13(8-12)25(23,24)20-10-14(22)21-6-4-11(9-19)5-7-21/h1-3,8,11,20H,4-7,9-10,19H2. The molecular weight excluding hydrogens is 359 g/mol. The Bertz CT molecular complexity index is 714. The Kier molecular flexibility index (Phi) is 6.07. The lowest BCUT2D eigenvalue weighted by Crippen LogP contribution is -2.44. The van der Waals surface area contributed by atoms with Crippen LogP contribution >= 0.6 is 0 Å². The molecule has 0 aromatic heterocycles. The zero-order valence-electron chi connectivity index (χ0n) is 13.4. The number of nitrogens with one attached hydrogen (secondary N) is 1. The van der Waals surface area contributed by atoms with Crippen LogP contribution in [-0.4, -0.2) is 45.4 Å². The topological polar surface area (TPSA) is 92.5 Å². The average Bonchev–Trinajstić information content (AvgIpc) is 2.59. The second-order valence-electron chi connectivity index (χ2n) is 5.91. The lowest BCUT2D eigenvalue weighted by Gasteiger charge is -2.31. The van der Waals surface area contributed by atoms with Crippen molar-refractivity contribution in [3.05, 3.63) is 29.8 Å². The quantitative estimate of drug-likeness (QED) is 0.804. The number of hydrogen-bond donors (Lipinski definition) is 2. The fourth-order valence-electron chi connectivity index (χ4n) is 2.61. The first-order chi connectivity index (χ1) is 11.6. The van der Waals surface area contributed by atoms with Gasteiger partial charge in [0.05, 0.1) is 17.0 Å². The van der Waals surface area contributed by atoms with E-state index in [-0.39, 0.29) is 0 Å². The molecular formula is C15H20F3N3O3S. The van der Waals surface area contributed by atoms with Gasteiger partial charge in [-0.25, -0.2) is 13.1 Å². The number of likely N-dealkylation sites (tertiary alicyclic amines) is 1. The Hall–Kier alpha value is -1.65. The smallest absolute Gasteiger partial charge is 0.342 e. The number of sulfonamides is 1. The van der Waals surface area contributed by atoms with Gasteiger partial charge in [0.2, 0.25) is 15.9 Å². The molecule has 0 unspecified atom stereocenters. The molecule has 1 aromatic rings. The second kappa shape index (κ2) is 7.71. The van der Waals surface area contributed by atoms with Gasteiger partial charge in [-0.05, 0) is 43.5 Å². The van der Waals surface area contributed by atoms with Crippen molar-refractivity contribution in [2.45, 2.75) is 23.9 Å². The van der Waals surface area contributed by atoms with Crippen molar-refractivity contribution in [2.75, 3.05) is 26.2 Å². The Morgan fingerprint density at radius 1 is 1.28 bits per heavy atom. The molecule has 140 valence electrons. The number of nitrogens with two attached hydrogens (primary N) is 1. The predicted molar refractivity (Wildman–Crippen MR) is 85.0 cm³/mol. The fourth-order valence-corrected chi connectivity index (χ4v) is 3.63. The summed E-state index contributed by atoms with van der Waals surface area (Å²) in [6.07, 6.45) is -3.14. The summed E-state index contributed by atoms with van der Waals surface area (Å²) >= 11 is 0. The summed E-state index contributed by atoms with van der Waals surface area (Å²) in [5.74, 6) is -0.0585. The molecule has 1 amide bonds. The van der Waals surface area contributed by atoms with E-state index in [1.54, 1.807) is 0 Å². The summed E-state index contributed by atoms with van der Waals surface area (Å²) in [6.45, 7) is 1.04. The molecule has 0 saturated carbocycles. The Morgan fingerprint density at radius 3 is 2.48 bits per heavy atom. The summed E-state index contributed by atoms with van der Waals surface area (Å²) in [6, 6.07) is 3.39. The number of carbonyl (C=O) groups is 1. The first-order valence-corrected chi connectivity index (χ1v) is 9.26. The molecule has 25 heavy (non-hydrogen) atoms. The van der Waals surface area contributed by atoms with E-state index in [0.29, 0.717) is 31.6 Å². The lowest BCUT2D eigenvalue weighted by atomic mass is 9.97. The number of alkyl halides is 3. The van der Waals surface area contributed by atoms with Crippen LogP contribution < -0.4 is 10.5 Å². The molecule has 1 aromatic carbocycles. The van der Waals surface area contributed by atoms with Gasteiger partial charge in [0.25, 0.3) is 0 Å². The largest absolute Gasteiger partial charge is 0.416 e. The molecule has 0 spiro atoms. The van der Waals surface area contributed by atoms with Gasteiger partial charge in [0, 0.05) is 13.1 Å². The van der Waals surface area contributed by atoms with Gasteiger partial charge in [-0.3, -0.25) is 4.79 Å². The molecule has 0 bridgehead atoms. The molecule has 1 saturated heterocycles. The zero-order chi connectivity index (χ0) is 18.7. The molecule has 1 aliphatic rings. The summed E-state index contributed by atoms with van der Waals surface area (Å²) in [5.41, 5.74) is 4.51. The average molecular weight is 379 g/mol. The summed E-state index contributed by atoms with van der Waals surface area (Å²) in [4.78, 5) is 13.1. The molecule has 0 aliphatic carbocycles. The maximum atomic E-state index is 12.7. The molecule has 1 heterocycles. The minimum Gasteiger partial charge on any atom is -0.342 e. The predicted octanol–water partition coefficient (Wildman–Crippen LogP) is 1.18. The van der Waals surface area contributed by atoms with Crippen LogP contribution in [0.3, 0.4) is 0 Å². The van der Waals surface area contributed by atoms with Gasteiger partial charge in [-0.1, -0.05) is 6.07 Å². The monoisotopic (exact) mass is 379 g/mol. The minimum atomic E-state index is -4.64. The highest BCUT2D eigenvalue weighted by Crippen LogP contribution is 2.30. The number of hydrogen-bond acceptors (Lipinski definition) is 4. The van der Waals surface area contributed by atoms with Crippen molar-refractivity contribution in [1.82, 2.24) is 9.62 Å². The van der Waals surface area contributed by atoms with Gasteiger partial charge in [0.1, 0.15) is 0 Å². The number of carbonyl (C=O) groups excluding carboxylic acids is 1. The number of piperidine rings is 1. The second-order valence-corrected chi connectivity index (χ2v) is 7.68. The van der Waals surface area contributed by atoms with E-state index in [2.05, 4.69) is 4.72 Å². The summed E-state index contributed by atoms with van der Waals surface area (Å²) < 4.78 is 64.4. The molecule has 1 aliphatic heterocycles. The molecule has 10 heteroatoms. The number of rotatable bonds is 5. The number of halogens is 3. The SMILES string of the molecule is NCC1CCN(C(=O)CNS(=O)(=O)c2cccc(C(F)(F)F)c2)CC1. The van der Waals surface area contributed by atoms with Crippen LogP contribution in [0.25, 0.3) is 0 Å². The fraction of sp³-hybridized carbons (Fsp3) is 0.533. The highest BCUT2D eigenvalue weighted by molar-refractivity contribution is 7.89. The summed E-state index contributed by atoms with van der Waals surface area (Å²) in [5, 5.41) is 0. The van der Waals surface area contributed by atoms with Crippen molar-refractivity contribution >= 4 is 15.9 Å². The Morgan fingerprint density at radius 2 is 1.92 bits per heavy atom. The Labute approximate surface area is 144 Å². The highest BCUT2D eigenvalue weighted by Gasteiger charge is 2.32. The summed E-state index contributed by atoms with van der Waals surface area (Å²) in [7, 11) is -4.21.